The van der Waals surface area contributed by atoms with Crippen LogP contribution >= 0.6 is 0 Å². The van der Waals surface area contributed by atoms with Gasteiger partial charge >= 0.3 is 6.18 Å². The molecule has 1 unspecified atom stereocenters. The minimum atomic E-state index is -4.35. The Hall–Kier alpha value is -1.85. The Bertz CT molecular complexity index is 577. The molecule has 0 saturated heterocycles. The van der Waals surface area contributed by atoms with Gasteiger partial charge in [0.05, 0.1) is 12.6 Å². The predicted octanol–water partition coefficient (Wildman–Crippen LogP) is 4.35. The Balaban J connectivity index is 2.06. The molecular weight excluding hydrogens is 279 g/mol. The summed E-state index contributed by atoms with van der Waals surface area (Å²) >= 11 is 0. The van der Waals surface area contributed by atoms with Crippen LogP contribution in [0.1, 0.15) is 16.7 Å². The molecule has 2 nitrogen and oxygen atoms in total. The summed E-state index contributed by atoms with van der Waals surface area (Å²) in [5, 5.41) is 12.4. The summed E-state index contributed by atoms with van der Waals surface area (Å²) in [6, 6.07) is 14.1. The van der Waals surface area contributed by atoms with Crippen LogP contribution in [0.15, 0.2) is 54.6 Å². The van der Waals surface area contributed by atoms with E-state index in [1.807, 2.05) is 30.3 Å². The summed E-state index contributed by atoms with van der Waals surface area (Å²) in [6.45, 7) is 0.412. The fourth-order valence-electron chi connectivity index (χ4n) is 2.21. The second-order valence-electron chi connectivity index (χ2n) is 5.29. The Morgan fingerprint density at radius 3 is 1.81 bits per heavy atom. The zero-order valence-electron chi connectivity index (χ0n) is 11.6. The summed E-state index contributed by atoms with van der Waals surface area (Å²) in [5.41, 5.74) is 0.799. The largest absolute Gasteiger partial charge is 0.632 e. The highest BCUT2D eigenvalue weighted by Gasteiger charge is 2.30. The van der Waals surface area contributed by atoms with Gasteiger partial charge in [-0.1, -0.05) is 42.5 Å². The van der Waals surface area contributed by atoms with Crippen LogP contribution in [0.4, 0.5) is 13.2 Å². The Labute approximate surface area is 121 Å². The molecule has 0 spiro atoms. The summed E-state index contributed by atoms with van der Waals surface area (Å²) in [7, 11) is 1.52. The topological polar surface area (TPSA) is 23.1 Å². The first-order valence-electron chi connectivity index (χ1n) is 6.52. The number of alkyl halides is 3. The standard InChI is InChI=1S/C16H16F3NO/c1-20(21,11-13-5-3-2-4-6-13)12-14-7-9-15(10-8-14)16(17,18)19/h2-10H,11-12H2,1H3. The third kappa shape index (κ3) is 4.58. The van der Waals surface area contributed by atoms with Gasteiger partial charge in [-0.15, -0.1) is 0 Å². The number of hydrogen-bond acceptors (Lipinski definition) is 1. The average Bonchev–Trinajstić information content (AvgIpc) is 2.38. The molecule has 0 aliphatic rings. The molecule has 0 N–H and O–H groups in total. The van der Waals surface area contributed by atoms with E-state index < -0.39 is 16.4 Å². The SMILES string of the molecule is C[N+]([O-])(Cc1ccccc1)Cc1ccc(C(F)(F)F)cc1. The third-order valence-electron chi connectivity index (χ3n) is 3.16. The number of halogens is 3. The maximum atomic E-state index is 12.5. The van der Waals surface area contributed by atoms with Gasteiger partial charge in [0.25, 0.3) is 0 Å². The van der Waals surface area contributed by atoms with Gasteiger partial charge in [-0.05, 0) is 12.1 Å². The molecular formula is C16H16F3NO. The monoisotopic (exact) mass is 295 g/mol. The zero-order valence-corrected chi connectivity index (χ0v) is 11.6. The van der Waals surface area contributed by atoms with Gasteiger partial charge in [-0.3, -0.25) is 0 Å². The molecule has 0 heterocycles. The molecule has 0 fully saturated rings. The lowest BCUT2D eigenvalue weighted by Crippen LogP contribution is -2.35. The molecule has 0 aliphatic carbocycles. The first kappa shape index (κ1) is 15.5. The fourth-order valence-corrected chi connectivity index (χ4v) is 2.21. The summed E-state index contributed by atoms with van der Waals surface area (Å²) in [6.07, 6.45) is -4.35. The predicted molar refractivity (Wildman–Crippen MR) is 74.8 cm³/mol. The third-order valence-corrected chi connectivity index (χ3v) is 3.16. The number of nitrogens with zero attached hydrogens (tertiary/aromatic N) is 1. The van der Waals surface area contributed by atoms with Crippen LogP contribution in [0.3, 0.4) is 0 Å². The lowest BCUT2D eigenvalue weighted by atomic mass is 10.1. The van der Waals surface area contributed by atoms with Crippen molar-refractivity contribution in [3.8, 4) is 0 Å². The summed E-state index contributed by atoms with van der Waals surface area (Å²) < 4.78 is 36.9. The lowest BCUT2D eigenvalue weighted by molar-refractivity contribution is -0.887. The van der Waals surface area contributed by atoms with Crippen molar-refractivity contribution in [2.24, 2.45) is 0 Å². The van der Waals surface area contributed by atoms with E-state index >= 15 is 0 Å². The van der Waals surface area contributed by atoms with E-state index in [0.29, 0.717) is 5.56 Å². The van der Waals surface area contributed by atoms with Gasteiger partial charge in [0.2, 0.25) is 0 Å². The van der Waals surface area contributed by atoms with Crippen LogP contribution in [0.5, 0.6) is 0 Å². The van der Waals surface area contributed by atoms with E-state index in [2.05, 4.69) is 0 Å². The van der Waals surface area contributed by atoms with Crippen molar-refractivity contribution in [2.75, 3.05) is 7.05 Å². The lowest BCUT2D eigenvalue weighted by Gasteiger charge is -2.38. The second-order valence-corrected chi connectivity index (χ2v) is 5.29. The maximum Gasteiger partial charge on any atom is 0.416 e. The van der Waals surface area contributed by atoms with Gasteiger partial charge in [0.15, 0.2) is 0 Å². The molecule has 0 bridgehead atoms. The molecule has 2 rings (SSSR count). The Morgan fingerprint density at radius 2 is 1.33 bits per heavy atom. The highest BCUT2D eigenvalue weighted by Crippen LogP contribution is 2.29. The first-order chi connectivity index (χ1) is 9.76. The molecule has 0 saturated carbocycles. The van der Waals surface area contributed by atoms with Crippen LogP contribution in [-0.4, -0.2) is 11.7 Å². The molecule has 112 valence electrons. The van der Waals surface area contributed by atoms with Crippen LogP contribution < -0.4 is 0 Å². The van der Waals surface area contributed by atoms with Crippen LogP contribution in [0, 0.1) is 5.21 Å². The maximum absolute atomic E-state index is 12.5. The van der Waals surface area contributed by atoms with Crippen molar-refractivity contribution in [1.82, 2.24) is 0 Å². The van der Waals surface area contributed by atoms with E-state index in [1.165, 1.54) is 19.2 Å². The molecule has 21 heavy (non-hydrogen) atoms. The highest BCUT2D eigenvalue weighted by atomic mass is 19.4. The highest BCUT2D eigenvalue weighted by molar-refractivity contribution is 5.24. The van der Waals surface area contributed by atoms with Gasteiger partial charge in [0, 0.05) is 11.1 Å². The van der Waals surface area contributed by atoms with E-state index in [4.69, 9.17) is 0 Å². The van der Waals surface area contributed by atoms with Crippen LogP contribution in [-0.2, 0) is 19.3 Å². The molecule has 0 radical (unpaired) electrons. The van der Waals surface area contributed by atoms with E-state index in [1.54, 1.807) is 0 Å². The van der Waals surface area contributed by atoms with Gasteiger partial charge in [0.1, 0.15) is 13.1 Å². The van der Waals surface area contributed by atoms with Crippen molar-refractivity contribution >= 4 is 0 Å². The molecule has 0 amide bonds. The van der Waals surface area contributed by atoms with Gasteiger partial charge in [-0.2, -0.15) is 13.2 Å². The summed E-state index contributed by atoms with van der Waals surface area (Å²) in [4.78, 5) is 0. The minimum absolute atomic E-state index is 0.132. The smallest absolute Gasteiger partial charge is 0.416 e. The molecule has 2 aromatic carbocycles. The van der Waals surface area contributed by atoms with Crippen molar-refractivity contribution in [2.45, 2.75) is 19.3 Å². The summed E-state index contributed by atoms with van der Waals surface area (Å²) in [5.74, 6) is 0. The quantitative estimate of drug-likeness (QED) is 0.607. The van der Waals surface area contributed by atoms with Gasteiger partial charge in [-0.25, -0.2) is 0 Å². The number of hydrogen-bond donors (Lipinski definition) is 0. The second kappa shape index (κ2) is 5.87. The van der Waals surface area contributed by atoms with E-state index in [0.717, 1.165) is 17.7 Å². The van der Waals surface area contributed by atoms with Crippen molar-refractivity contribution < 1.29 is 17.8 Å². The van der Waals surface area contributed by atoms with Crippen molar-refractivity contribution in [3.63, 3.8) is 0 Å². The Morgan fingerprint density at radius 1 is 0.857 bits per heavy atom. The average molecular weight is 295 g/mol. The molecule has 2 aromatic rings. The number of benzene rings is 2. The molecule has 0 aliphatic heterocycles. The van der Waals surface area contributed by atoms with Crippen molar-refractivity contribution in [3.05, 3.63) is 76.5 Å². The molecule has 0 aromatic heterocycles. The fraction of sp³-hybridized carbons (Fsp3) is 0.250. The zero-order chi connectivity index (χ0) is 15.5. The minimum Gasteiger partial charge on any atom is -0.632 e. The number of rotatable bonds is 4. The normalized spacial score (nSPS) is 14.7. The van der Waals surface area contributed by atoms with Crippen LogP contribution in [0.25, 0.3) is 0 Å². The van der Waals surface area contributed by atoms with E-state index in [9.17, 15) is 18.4 Å². The molecule has 5 heteroatoms. The number of hydroxylamine groups is 3. The van der Waals surface area contributed by atoms with Crippen molar-refractivity contribution in [1.29, 1.82) is 0 Å². The van der Waals surface area contributed by atoms with Crippen LogP contribution in [0.2, 0.25) is 0 Å². The first-order valence-corrected chi connectivity index (χ1v) is 6.52. The van der Waals surface area contributed by atoms with E-state index in [-0.39, 0.29) is 13.1 Å². The molecule has 1 atom stereocenters. The van der Waals surface area contributed by atoms with Gasteiger partial charge < -0.3 is 9.85 Å². The number of quaternary nitrogens is 1. The Kier molecular flexibility index (Phi) is 4.34.